The van der Waals surface area contributed by atoms with Gasteiger partial charge in [0.05, 0.1) is 6.10 Å². The van der Waals surface area contributed by atoms with Gasteiger partial charge in [0.15, 0.2) is 5.78 Å². The summed E-state index contributed by atoms with van der Waals surface area (Å²) in [4.78, 5) is 16.8. The van der Waals surface area contributed by atoms with Crippen LogP contribution >= 0.6 is 0 Å². The first-order valence-corrected chi connectivity index (χ1v) is 6.73. The molecule has 3 nitrogen and oxygen atoms in total. The number of carbonyl (C=O) groups excluding carboxylic acids is 1. The summed E-state index contributed by atoms with van der Waals surface area (Å²) in [6.07, 6.45) is 0.125. The lowest BCUT2D eigenvalue weighted by molar-refractivity contribution is 0.103. The maximum atomic E-state index is 12.4. The molecule has 0 fully saturated rings. The highest BCUT2D eigenvalue weighted by atomic mass is 16.5. The fourth-order valence-electron chi connectivity index (χ4n) is 2.04. The zero-order chi connectivity index (χ0) is 14.7. The minimum atomic E-state index is -0.00824. The highest BCUT2D eigenvalue weighted by molar-refractivity contribution is 6.09. The molecule has 0 N–H and O–H groups in total. The lowest BCUT2D eigenvalue weighted by atomic mass is 10.0. The molecule has 0 radical (unpaired) electrons. The van der Waals surface area contributed by atoms with Crippen LogP contribution in [0.25, 0.3) is 0 Å². The first-order chi connectivity index (χ1) is 9.47. The summed E-state index contributed by atoms with van der Waals surface area (Å²) in [6.45, 7) is 7.72. The first-order valence-electron chi connectivity index (χ1n) is 6.73. The number of hydrogen-bond acceptors (Lipinski definition) is 3. The molecule has 104 valence electrons. The maximum absolute atomic E-state index is 12.4. The zero-order valence-corrected chi connectivity index (χ0v) is 12.3. The molecule has 0 aliphatic carbocycles. The number of nitrogens with zero attached hydrogens (tertiary/aromatic N) is 1. The molecule has 0 bridgehead atoms. The number of carbonyl (C=O) groups is 1. The molecule has 0 spiro atoms. The van der Waals surface area contributed by atoms with Gasteiger partial charge < -0.3 is 4.74 Å². The number of benzene rings is 1. The first kappa shape index (κ1) is 14.3. The van der Waals surface area contributed by atoms with Gasteiger partial charge in [-0.1, -0.05) is 0 Å². The number of rotatable bonds is 4. The molecule has 0 aliphatic rings. The van der Waals surface area contributed by atoms with E-state index < -0.39 is 0 Å². The van der Waals surface area contributed by atoms with Crippen LogP contribution in [0.1, 0.15) is 41.2 Å². The van der Waals surface area contributed by atoms with Crippen LogP contribution in [0.4, 0.5) is 0 Å². The van der Waals surface area contributed by atoms with Crippen LogP contribution in [0.2, 0.25) is 0 Å². The Bertz CT molecular complexity index is 615. The maximum Gasteiger partial charge on any atom is 0.194 e. The molecule has 20 heavy (non-hydrogen) atoms. The van der Waals surface area contributed by atoms with Gasteiger partial charge in [-0.15, -0.1) is 0 Å². The third-order valence-corrected chi connectivity index (χ3v) is 2.96. The molecular weight excluding hydrogens is 250 g/mol. The molecule has 2 aromatic rings. The van der Waals surface area contributed by atoms with Crippen molar-refractivity contribution < 1.29 is 9.53 Å². The van der Waals surface area contributed by atoms with E-state index in [1.807, 2.05) is 52.0 Å². The minimum absolute atomic E-state index is 0.00824. The molecule has 0 aliphatic heterocycles. The van der Waals surface area contributed by atoms with E-state index in [9.17, 15) is 4.79 Å². The van der Waals surface area contributed by atoms with Crippen molar-refractivity contribution in [3.63, 3.8) is 0 Å². The fraction of sp³-hybridized carbons (Fsp3) is 0.294. The predicted octanol–water partition coefficient (Wildman–Crippen LogP) is 3.72. The molecule has 0 saturated carbocycles. The monoisotopic (exact) mass is 269 g/mol. The van der Waals surface area contributed by atoms with Crippen LogP contribution in [0.15, 0.2) is 36.4 Å². The summed E-state index contributed by atoms with van der Waals surface area (Å²) in [5.41, 5.74) is 2.97. The van der Waals surface area contributed by atoms with Gasteiger partial charge in [-0.25, -0.2) is 0 Å². The molecule has 1 aromatic carbocycles. The lowest BCUT2D eigenvalue weighted by Gasteiger charge is -2.10. The molecule has 1 heterocycles. The Kier molecular flexibility index (Phi) is 4.18. The van der Waals surface area contributed by atoms with Gasteiger partial charge in [-0.3, -0.25) is 9.78 Å². The van der Waals surface area contributed by atoms with Gasteiger partial charge in [0, 0.05) is 22.5 Å². The molecule has 0 saturated heterocycles. The van der Waals surface area contributed by atoms with E-state index in [1.165, 1.54) is 0 Å². The van der Waals surface area contributed by atoms with Crippen molar-refractivity contribution >= 4 is 5.78 Å². The molecular formula is C17H19NO2. The average molecular weight is 269 g/mol. The Morgan fingerprint density at radius 2 is 1.70 bits per heavy atom. The topological polar surface area (TPSA) is 39.2 Å². The van der Waals surface area contributed by atoms with Crippen molar-refractivity contribution in [2.45, 2.75) is 33.8 Å². The standard InChI is InChI=1S/C17H19NO2/c1-11(2)20-15-8-6-14(7-9-15)17(19)16-10-5-12(3)18-13(16)4/h5-11H,1-4H3. The van der Waals surface area contributed by atoms with Crippen LogP contribution in [0, 0.1) is 13.8 Å². The number of ketones is 1. The lowest BCUT2D eigenvalue weighted by Crippen LogP contribution is -2.07. The van der Waals surface area contributed by atoms with Gasteiger partial charge in [0.2, 0.25) is 0 Å². The molecule has 2 rings (SSSR count). The Morgan fingerprint density at radius 1 is 1.05 bits per heavy atom. The van der Waals surface area contributed by atoms with Gasteiger partial charge >= 0.3 is 0 Å². The Morgan fingerprint density at radius 3 is 2.25 bits per heavy atom. The summed E-state index contributed by atoms with van der Waals surface area (Å²) in [7, 11) is 0. The smallest absolute Gasteiger partial charge is 0.194 e. The summed E-state index contributed by atoms with van der Waals surface area (Å²) in [5.74, 6) is 0.765. The van der Waals surface area contributed by atoms with Crippen LogP contribution in [0.5, 0.6) is 5.75 Å². The number of aromatic nitrogens is 1. The Balaban J connectivity index is 2.25. The number of pyridine rings is 1. The van der Waals surface area contributed by atoms with Crippen molar-refractivity contribution in [3.8, 4) is 5.75 Å². The molecule has 0 unspecified atom stereocenters. The normalized spacial score (nSPS) is 10.7. The van der Waals surface area contributed by atoms with Gasteiger partial charge in [-0.05, 0) is 64.1 Å². The fourth-order valence-corrected chi connectivity index (χ4v) is 2.04. The van der Waals surface area contributed by atoms with Gasteiger partial charge in [-0.2, -0.15) is 0 Å². The number of aryl methyl sites for hydroxylation is 2. The third-order valence-electron chi connectivity index (χ3n) is 2.96. The summed E-state index contributed by atoms with van der Waals surface area (Å²) in [5, 5.41) is 0. The second-order valence-corrected chi connectivity index (χ2v) is 5.11. The van der Waals surface area contributed by atoms with Crippen molar-refractivity contribution in [3.05, 3.63) is 58.9 Å². The second-order valence-electron chi connectivity index (χ2n) is 5.11. The zero-order valence-electron chi connectivity index (χ0n) is 12.3. The molecule has 0 amide bonds. The van der Waals surface area contributed by atoms with E-state index >= 15 is 0 Å². The summed E-state index contributed by atoms with van der Waals surface area (Å²) < 4.78 is 5.57. The quantitative estimate of drug-likeness (QED) is 0.794. The highest BCUT2D eigenvalue weighted by Gasteiger charge is 2.12. The third kappa shape index (κ3) is 3.23. The number of ether oxygens (including phenoxy) is 1. The summed E-state index contributed by atoms with van der Waals surface area (Å²) >= 11 is 0. The second kappa shape index (κ2) is 5.87. The van der Waals surface area contributed by atoms with Gasteiger partial charge in [0.1, 0.15) is 5.75 Å². The van der Waals surface area contributed by atoms with Crippen LogP contribution < -0.4 is 4.74 Å². The van der Waals surface area contributed by atoms with E-state index in [0.29, 0.717) is 11.1 Å². The van der Waals surface area contributed by atoms with Crippen LogP contribution in [-0.4, -0.2) is 16.9 Å². The van der Waals surface area contributed by atoms with Crippen LogP contribution in [-0.2, 0) is 0 Å². The summed E-state index contributed by atoms with van der Waals surface area (Å²) in [6, 6.07) is 10.9. The van der Waals surface area contributed by atoms with E-state index in [2.05, 4.69) is 4.98 Å². The largest absolute Gasteiger partial charge is 0.491 e. The van der Waals surface area contributed by atoms with Crippen molar-refractivity contribution in [1.82, 2.24) is 4.98 Å². The predicted molar refractivity (Wildman–Crippen MR) is 79.3 cm³/mol. The highest BCUT2D eigenvalue weighted by Crippen LogP contribution is 2.18. The van der Waals surface area contributed by atoms with Crippen molar-refractivity contribution in [2.24, 2.45) is 0 Å². The van der Waals surface area contributed by atoms with Crippen LogP contribution in [0.3, 0.4) is 0 Å². The van der Waals surface area contributed by atoms with E-state index in [-0.39, 0.29) is 11.9 Å². The Labute approximate surface area is 119 Å². The Hall–Kier alpha value is -2.16. The van der Waals surface area contributed by atoms with Crippen molar-refractivity contribution in [1.29, 1.82) is 0 Å². The average Bonchev–Trinajstić information content (AvgIpc) is 2.38. The SMILES string of the molecule is Cc1ccc(C(=O)c2ccc(OC(C)C)cc2)c(C)n1. The minimum Gasteiger partial charge on any atom is -0.491 e. The van der Waals surface area contributed by atoms with E-state index in [0.717, 1.165) is 17.1 Å². The molecule has 3 heteroatoms. The van der Waals surface area contributed by atoms with E-state index in [4.69, 9.17) is 4.74 Å². The van der Waals surface area contributed by atoms with Gasteiger partial charge in [0.25, 0.3) is 0 Å². The van der Waals surface area contributed by atoms with Crippen molar-refractivity contribution in [2.75, 3.05) is 0 Å². The molecule has 1 aromatic heterocycles. The molecule has 0 atom stereocenters. The van der Waals surface area contributed by atoms with E-state index in [1.54, 1.807) is 12.1 Å². The number of hydrogen-bond donors (Lipinski definition) is 0.